The minimum absolute atomic E-state index is 0.0488. The van der Waals surface area contributed by atoms with Gasteiger partial charge in [0.25, 0.3) is 0 Å². The molecule has 0 aliphatic heterocycles. The minimum atomic E-state index is -3.51. The Bertz CT molecular complexity index is 603. The Hall–Kier alpha value is -0.920. The summed E-state index contributed by atoms with van der Waals surface area (Å²) in [6, 6.07) is -0.0488. The minimum Gasteiger partial charge on any atom is -0.329 e. The third kappa shape index (κ3) is 3.30. The second-order valence-electron chi connectivity index (χ2n) is 6.12. The van der Waals surface area contributed by atoms with Gasteiger partial charge in [-0.1, -0.05) is 0 Å². The summed E-state index contributed by atoms with van der Waals surface area (Å²) in [6.45, 7) is 9.00. The average Bonchev–Trinajstić information content (AvgIpc) is 3.13. The van der Waals surface area contributed by atoms with Crippen molar-refractivity contribution < 1.29 is 8.42 Å². The zero-order chi connectivity index (χ0) is 15.8. The fraction of sp³-hybridized carbons (Fsp3) is 0.786. The summed E-state index contributed by atoms with van der Waals surface area (Å²) in [5, 5.41) is 4.33. The molecule has 120 valence electrons. The van der Waals surface area contributed by atoms with E-state index in [-0.39, 0.29) is 6.04 Å². The van der Waals surface area contributed by atoms with E-state index in [0.29, 0.717) is 41.8 Å². The van der Waals surface area contributed by atoms with E-state index in [9.17, 15) is 8.42 Å². The van der Waals surface area contributed by atoms with Crippen molar-refractivity contribution in [1.82, 2.24) is 14.1 Å². The van der Waals surface area contributed by atoms with Crippen molar-refractivity contribution in [2.45, 2.75) is 58.0 Å². The van der Waals surface area contributed by atoms with Crippen LogP contribution in [0.25, 0.3) is 0 Å². The lowest BCUT2D eigenvalue weighted by Gasteiger charge is -2.26. The molecule has 0 bridgehead atoms. The summed E-state index contributed by atoms with van der Waals surface area (Å²) in [7, 11) is -3.51. The van der Waals surface area contributed by atoms with Crippen LogP contribution in [0.4, 0.5) is 0 Å². The highest BCUT2D eigenvalue weighted by Gasteiger charge is 2.36. The van der Waals surface area contributed by atoms with Crippen molar-refractivity contribution >= 4 is 10.0 Å². The molecule has 0 amide bonds. The van der Waals surface area contributed by atoms with Gasteiger partial charge in [0.2, 0.25) is 10.0 Å². The molecule has 2 rings (SSSR count). The maximum absolute atomic E-state index is 13.0. The number of hydrogen-bond acceptors (Lipinski definition) is 4. The van der Waals surface area contributed by atoms with Gasteiger partial charge in [0.15, 0.2) is 0 Å². The highest BCUT2D eigenvalue weighted by Crippen LogP contribution is 2.33. The van der Waals surface area contributed by atoms with Gasteiger partial charge >= 0.3 is 0 Å². The van der Waals surface area contributed by atoms with E-state index in [1.165, 1.54) is 0 Å². The largest absolute Gasteiger partial charge is 0.329 e. The van der Waals surface area contributed by atoms with Crippen LogP contribution in [0.15, 0.2) is 4.90 Å². The Morgan fingerprint density at radius 3 is 2.48 bits per heavy atom. The monoisotopic (exact) mass is 314 g/mol. The van der Waals surface area contributed by atoms with Gasteiger partial charge in [0.05, 0.1) is 17.9 Å². The SMILES string of the molecule is Cc1nn(CCN)c(C)c1S(=O)(=O)N(CC1CC1)C(C)C. The molecule has 0 aromatic carbocycles. The molecule has 0 spiro atoms. The predicted molar refractivity (Wildman–Crippen MR) is 82.5 cm³/mol. The third-order valence-corrected chi connectivity index (χ3v) is 6.23. The molecule has 0 radical (unpaired) electrons. The van der Waals surface area contributed by atoms with E-state index >= 15 is 0 Å². The number of nitrogens with two attached hydrogens (primary N) is 1. The Morgan fingerprint density at radius 1 is 1.38 bits per heavy atom. The summed E-state index contributed by atoms with van der Waals surface area (Å²) in [5.74, 6) is 0.516. The molecule has 1 saturated carbocycles. The lowest BCUT2D eigenvalue weighted by atomic mass is 10.3. The zero-order valence-electron chi connectivity index (χ0n) is 13.3. The van der Waals surface area contributed by atoms with Gasteiger partial charge in [-0.2, -0.15) is 9.40 Å². The van der Waals surface area contributed by atoms with Gasteiger partial charge < -0.3 is 5.73 Å². The highest BCUT2D eigenvalue weighted by atomic mass is 32.2. The van der Waals surface area contributed by atoms with E-state index < -0.39 is 10.0 Å². The van der Waals surface area contributed by atoms with Crippen LogP contribution >= 0.6 is 0 Å². The molecule has 1 heterocycles. The summed E-state index contributed by atoms with van der Waals surface area (Å²) in [6.07, 6.45) is 2.26. The summed E-state index contributed by atoms with van der Waals surface area (Å²) < 4.78 is 29.4. The van der Waals surface area contributed by atoms with Crippen molar-refractivity contribution in [3.63, 3.8) is 0 Å². The van der Waals surface area contributed by atoms with Crippen LogP contribution in [-0.4, -0.2) is 41.6 Å². The molecular formula is C14H26N4O2S. The lowest BCUT2D eigenvalue weighted by Crippen LogP contribution is -2.39. The number of aryl methyl sites for hydroxylation is 1. The van der Waals surface area contributed by atoms with Crippen molar-refractivity contribution in [1.29, 1.82) is 0 Å². The van der Waals surface area contributed by atoms with Crippen LogP contribution in [-0.2, 0) is 16.6 Å². The van der Waals surface area contributed by atoms with Crippen molar-refractivity contribution in [2.24, 2.45) is 11.7 Å². The second kappa shape index (κ2) is 6.06. The maximum Gasteiger partial charge on any atom is 0.246 e. The van der Waals surface area contributed by atoms with Gasteiger partial charge in [-0.05, 0) is 46.5 Å². The van der Waals surface area contributed by atoms with Crippen LogP contribution in [0.2, 0.25) is 0 Å². The van der Waals surface area contributed by atoms with E-state index in [2.05, 4.69) is 5.10 Å². The molecule has 6 nitrogen and oxygen atoms in total. The second-order valence-corrected chi connectivity index (χ2v) is 7.95. The average molecular weight is 314 g/mol. The Balaban J connectivity index is 2.41. The van der Waals surface area contributed by atoms with Crippen LogP contribution in [0.1, 0.15) is 38.1 Å². The smallest absolute Gasteiger partial charge is 0.246 e. The number of aromatic nitrogens is 2. The Labute approximate surface area is 127 Å². The standard InChI is InChI=1S/C14H26N4O2S/c1-10(2)18(9-13-5-6-13)21(19,20)14-11(3)16-17(8-7-15)12(14)4/h10,13H,5-9,15H2,1-4H3. The first kappa shape index (κ1) is 16.5. The molecule has 0 saturated heterocycles. The van der Waals surface area contributed by atoms with Gasteiger partial charge in [0.1, 0.15) is 4.90 Å². The van der Waals surface area contributed by atoms with Crippen LogP contribution in [0.5, 0.6) is 0 Å². The van der Waals surface area contributed by atoms with Gasteiger partial charge in [-0.25, -0.2) is 8.42 Å². The first-order valence-corrected chi connectivity index (χ1v) is 8.99. The molecule has 1 aliphatic carbocycles. The summed E-state index contributed by atoms with van der Waals surface area (Å²) in [5.41, 5.74) is 6.80. The fourth-order valence-electron chi connectivity index (χ4n) is 2.65. The van der Waals surface area contributed by atoms with Crippen LogP contribution in [0.3, 0.4) is 0 Å². The Morgan fingerprint density at radius 2 is 2.00 bits per heavy atom. The molecule has 7 heteroatoms. The van der Waals surface area contributed by atoms with E-state index in [1.807, 2.05) is 13.8 Å². The van der Waals surface area contributed by atoms with Crippen molar-refractivity contribution in [3.05, 3.63) is 11.4 Å². The predicted octanol–water partition coefficient (Wildman–Crippen LogP) is 1.27. The van der Waals surface area contributed by atoms with Crippen molar-refractivity contribution in [3.8, 4) is 0 Å². The zero-order valence-corrected chi connectivity index (χ0v) is 14.2. The maximum atomic E-state index is 13.0. The molecule has 0 atom stereocenters. The first-order chi connectivity index (χ1) is 9.78. The number of hydrogen-bond donors (Lipinski definition) is 1. The Kier molecular flexibility index (Phi) is 4.75. The number of sulfonamides is 1. The normalized spacial score (nSPS) is 16.1. The van der Waals surface area contributed by atoms with E-state index in [4.69, 9.17) is 5.73 Å². The third-order valence-electron chi connectivity index (χ3n) is 3.93. The molecular weight excluding hydrogens is 288 g/mol. The topological polar surface area (TPSA) is 81.2 Å². The van der Waals surface area contributed by atoms with Gasteiger partial charge in [0, 0.05) is 19.1 Å². The summed E-state index contributed by atoms with van der Waals surface area (Å²) in [4.78, 5) is 0.352. The lowest BCUT2D eigenvalue weighted by molar-refractivity contribution is 0.341. The molecule has 21 heavy (non-hydrogen) atoms. The molecule has 0 unspecified atom stereocenters. The fourth-order valence-corrected chi connectivity index (χ4v) is 4.74. The molecule has 2 N–H and O–H groups in total. The number of nitrogens with zero attached hydrogens (tertiary/aromatic N) is 3. The van der Waals surface area contributed by atoms with Crippen LogP contribution in [0, 0.1) is 19.8 Å². The highest BCUT2D eigenvalue weighted by molar-refractivity contribution is 7.89. The van der Waals surface area contributed by atoms with Gasteiger partial charge in [-0.15, -0.1) is 0 Å². The number of rotatable bonds is 7. The van der Waals surface area contributed by atoms with Crippen molar-refractivity contribution in [2.75, 3.05) is 13.1 Å². The molecule has 1 aliphatic rings. The first-order valence-electron chi connectivity index (χ1n) is 7.55. The quantitative estimate of drug-likeness (QED) is 0.821. The molecule has 1 aromatic heterocycles. The summed E-state index contributed by atoms with van der Waals surface area (Å²) >= 11 is 0. The van der Waals surface area contributed by atoms with E-state index in [0.717, 1.165) is 12.8 Å². The molecule has 1 fully saturated rings. The van der Waals surface area contributed by atoms with Gasteiger partial charge in [-0.3, -0.25) is 4.68 Å². The van der Waals surface area contributed by atoms with E-state index in [1.54, 1.807) is 22.8 Å². The molecule has 1 aromatic rings. The van der Waals surface area contributed by atoms with Crippen LogP contribution < -0.4 is 5.73 Å².